The highest BCUT2D eigenvalue weighted by atomic mass is 32.1. The van der Waals surface area contributed by atoms with Gasteiger partial charge in [-0.05, 0) is 71.3 Å². The highest BCUT2D eigenvalue weighted by Gasteiger charge is 2.23. The Morgan fingerprint density at radius 3 is 2.22 bits per heavy atom. The van der Waals surface area contributed by atoms with Crippen LogP contribution in [0.15, 0.2) is 96.9 Å². The molecule has 0 N–H and O–H groups in total. The second-order valence-corrected chi connectivity index (χ2v) is 10.7. The van der Waals surface area contributed by atoms with Gasteiger partial charge in [0.2, 0.25) is 5.91 Å². The average molecular weight is 569 g/mol. The summed E-state index contributed by atoms with van der Waals surface area (Å²) in [7, 11) is 3.21. The fourth-order valence-corrected chi connectivity index (χ4v) is 5.51. The molecule has 0 bridgehead atoms. The Kier molecular flexibility index (Phi) is 10.3. The van der Waals surface area contributed by atoms with Crippen molar-refractivity contribution in [3.05, 3.63) is 118 Å². The van der Waals surface area contributed by atoms with Crippen LogP contribution in [0.1, 0.15) is 26.4 Å². The van der Waals surface area contributed by atoms with Crippen LogP contribution in [-0.4, -0.2) is 55.5 Å². The fourth-order valence-electron chi connectivity index (χ4n) is 4.59. The second kappa shape index (κ2) is 14.3. The second-order valence-electron chi connectivity index (χ2n) is 9.70. The summed E-state index contributed by atoms with van der Waals surface area (Å²) >= 11 is 1.63. The molecule has 0 radical (unpaired) electrons. The maximum atomic E-state index is 13.7. The number of amides is 2. The number of benzene rings is 3. The van der Waals surface area contributed by atoms with Crippen LogP contribution in [0.4, 0.5) is 0 Å². The molecule has 3 aromatic carbocycles. The Labute approximate surface area is 246 Å². The molecule has 0 aliphatic heterocycles. The maximum Gasteiger partial charge on any atom is 0.254 e. The van der Waals surface area contributed by atoms with Crippen LogP contribution in [0.5, 0.6) is 11.5 Å². The first-order valence-corrected chi connectivity index (χ1v) is 14.4. The molecule has 1 heterocycles. The minimum absolute atomic E-state index is 0.0400. The van der Waals surface area contributed by atoms with Gasteiger partial charge in [-0.1, -0.05) is 54.6 Å². The molecule has 4 rings (SSSR count). The summed E-state index contributed by atoms with van der Waals surface area (Å²) in [4.78, 5) is 31.8. The zero-order chi connectivity index (χ0) is 29.2. The van der Waals surface area contributed by atoms with Crippen molar-refractivity contribution in [2.45, 2.75) is 19.9 Å². The molecule has 0 saturated heterocycles. The van der Waals surface area contributed by atoms with Crippen LogP contribution in [0.3, 0.4) is 0 Å². The van der Waals surface area contributed by atoms with Gasteiger partial charge < -0.3 is 19.3 Å². The molecule has 41 heavy (non-hydrogen) atoms. The highest BCUT2D eigenvalue weighted by molar-refractivity contribution is 7.10. The Hall–Kier alpha value is -4.36. The molecular weight excluding hydrogens is 532 g/mol. The third-order valence-corrected chi connectivity index (χ3v) is 7.98. The minimum Gasteiger partial charge on any atom is -0.493 e. The van der Waals surface area contributed by atoms with Gasteiger partial charge in [-0.2, -0.15) is 0 Å². The van der Waals surface area contributed by atoms with Gasteiger partial charge in [0.1, 0.15) is 6.54 Å². The van der Waals surface area contributed by atoms with E-state index in [1.807, 2.05) is 83.1 Å². The van der Waals surface area contributed by atoms with Crippen molar-refractivity contribution in [1.29, 1.82) is 0 Å². The smallest absolute Gasteiger partial charge is 0.254 e. The quantitative estimate of drug-likeness (QED) is 0.170. The normalized spacial score (nSPS) is 10.6. The molecule has 0 aliphatic rings. The Bertz CT molecular complexity index is 1460. The van der Waals surface area contributed by atoms with Gasteiger partial charge in [-0.25, -0.2) is 0 Å². The number of ether oxygens (including phenoxy) is 2. The van der Waals surface area contributed by atoms with Gasteiger partial charge in [0.25, 0.3) is 5.91 Å². The number of hydrogen-bond acceptors (Lipinski definition) is 5. The number of rotatable bonds is 13. The van der Waals surface area contributed by atoms with Gasteiger partial charge in [0, 0.05) is 23.5 Å². The zero-order valence-electron chi connectivity index (χ0n) is 23.8. The largest absolute Gasteiger partial charge is 0.493 e. The van der Waals surface area contributed by atoms with Gasteiger partial charge in [0.15, 0.2) is 11.5 Å². The summed E-state index contributed by atoms with van der Waals surface area (Å²) in [6, 6.07) is 25.4. The van der Waals surface area contributed by atoms with E-state index in [4.69, 9.17) is 9.47 Å². The van der Waals surface area contributed by atoms with Gasteiger partial charge in [-0.15, -0.1) is 17.9 Å². The zero-order valence-corrected chi connectivity index (χ0v) is 24.7. The SMILES string of the molecule is C=CCN(CC(=O)N(CCc1ccc(OC)c(OC)c1)Cc1sccc1C)C(=O)c1ccc(-c2ccccc2)cc1. The lowest BCUT2D eigenvalue weighted by atomic mass is 10.0. The lowest BCUT2D eigenvalue weighted by Crippen LogP contribution is -2.43. The summed E-state index contributed by atoms with van der Waals surface area (Å²) in [5.41, 5.74) is 4.82. The molecule has 6 nitrogen and oxygen atoms in total. The Morgan fingerprint density at radius 2 is 1.59 bits per heavy atom. The van der Waals surface area contributed by atoms with Gasteiger partial charge in [0.05, 0.1) is 20.8 Å². The predicted octanol–water partition coefficient (Wildman–Crippen LogP) is 6.64. The van der Waals surface area contributed by atoms with E-state index in [1.165, 1.54) is 0 Å². The standard InChI is InChI=1S/C34H36N2O4S/c1-5-19-36(34(38)29-14-12-28(13-15-29)27-9-7-6-8-10-27)24-33(37)35(23-32-25(2)18-21-41-32)20-17-26-11-16-30(39-3)31(22-26)40-4/h5-16,18,21-22H,1,17,19-20,23-24H2,2-4H3. The summed E-state index contributed by atoms with van der Waals surface area (Å²) in [6.07, 6.45) is 2.29. The molecule has 0 spiro atoms. The third kappa shape index (κ3) is 7.64. The molecule has 0 fully saturated rings. The van der Waals surface area contributed by atoms with E-state index in [1.54, 1.807) is 36.5 Å². The number of thiophene rings is 1. The highest BCUT2D eigenvalue weighted by Crippen LogP contribution is 2.28. The first kappa shape index (κ1) is 29.6. The number of methoxy groups -OCH3 is 2. The molecule has 0 aliphatic carbocycles. The molecular formula is C34H36N2O4S. The van der Waals surface area contributed by atoms with E-state index >= 15 is 0 Å². The first-order valence-electron chi connectivity index (χ1n) is 13.5. The topological polar surface area (TPSA) is 59.1 Å². The number of nitrogens with zero attached hydrogens (tertiary/aromatic N) is 2. The van der Waals surface area contributed by atoms with E-state index in [9.17, 15) is 9.59 Å². The molecule has 1 aromatic heterocycles. The average Bonchev–Trinajstić information content (AvgIpc) is 3.42. The Morgan fingerprint density at radius 1 is 0.878 bits per heavy atom. The molecule has 212 valence electrons. The van der Waals surface area contributed by atoms with Crippen LogP contribution in [0.2, 0.25) is 0 Å². The summed E-state index contributed by atoms with van der Waals surface area (Å²) < 4.78 is 10.8. The van der Waals surface area contributed by atoms with E-state index in [0.29, 0.717) is 36.6 Å². The number of aryl methyl sites for hydroxylation is 1. The summed E-state index contributed by atoms with van der Waals surface area (Å²) in [5.74, 6) is 0.992. The van der Waals surface area contributed by atoms with Crippen molar-refractivity contribution >= 4 is 23.2 Å². The molecule has 0 unspecified atom stereocenters. The summed E-state index contributed by atoms with van der Waals surface area (Å²) in [5, 5.41) is 2.04. The van der Waals surface area contributed by atoms with Crippen molar-refractivity contribution in [2.24, 2.45) is 0 Å². The lowest BCUT2D eigenvalue weighted by molar-refractivity contribution is -0.132. The maximum absolute atomic E-state index is 13.7. The molecule has 2 amide bonds. The van der Waals surface area contributed by atoms with Crippen LogP contribution < -0.4 is 9.47 Å². The minimum atomic E-state index is -0.204. The van der Waals surface area contributed by atoms with E-state index in [2.05, 4.69) is 19.6 Å². The van der Waals surface area contributed by atoms with Crippen LogP contribution in [0.25, 0.3) is 11.1 Å². The van der Waals surface area contributed by atoms with Crippen molar-refractivity contribution in [3.8, 4) is 22.6 Å². The molecule has 7 heteroatoms. The number of carbonyl (C=O) groups excluding carboxylic acids is 2. The van der Waals surface area contributed by atoms with Crippen LogP contribution in [-0.2, 0) is 17.8 Å². The predicted molar refractivity (Wildman–Crippen MR) is 166 cm³/mol. The molecule has 4 aromatic rings. The molecule has 0 atom stereocenters. The number of hydrogen-bond donors (Lipinski definition) is 0. The monoisotopic (exact) mass is 568 g/mol. The summed E-state index contributed by atoms with van der Waals surface area (Å²) in [6.45, 7) is 7.08. The van der Waals surface area contributed by atoms with Crippen molar-refractivity contribution < 1.29 is 19.1 Å². The Balaban J connectivity index is 1.50. The third-order valence-electron chi connectivity index (χ3n) is 6.98. The fraction of sp³-hybridized carbons (Fsp3) is 0.235. The van der Waals surface area contributed by atoms with E-state index < -0.39 is 0 Å². The number of carbonyl (C=O) groups is 2. The van der Waals surface area contributed by atoms with E-state index in [0.717, 1.165) is 27.1 Å². The van der Waals surface area contributed by atoms with Crippen molar-refractivity contribution in [3.63, 3.8) is 0 Å². The first-order chi connectivity index (χ1) is 19.9. The lowest BCUT2D eigenvalue weighted by Gasteiger charge is -2.27. The van der Waals surface area contributed by atoms with Gasteiger partial charge >= 0.3 is 0 Å². The van der Waals surface area contributed by atoms with Crippen LogP contribution in [0, 0.1) is 6.92 Å². The van der Waals surface area contributed by atoms with Crippen molar-refractivity contribution in [1.82, 2.24) is 9.80 Å². The van der Waals surface area contributed by atoms with Crippen LogP contribution >= 0.6 is 11.3 Å². The molecule has 0 saturated carbocycles. The van der Waals surface area contributed by atoms with Gasteiger partial charge in [-0.3, -0.25) is 9.59 Å². The van der Waals surface area contributed by atoms with Crippen molar-refractivity contribution in [2.75, 3.05) is 33.9 Å². The van der Waals surface area contributed by atoms with E-state index in [-0.39, 0.29) is 24.9 Å².